The second-order valence-electron chi connectivity index (χ2n) is 5.35. The average molecular weight is 277 g/mol. The van der Waals surface area contributed by atoms with Crippen LogP contribution in [0.5, 0.6) is 5.75 Å². The second kappa shape index (κ2) is 7.29. The molecule has 2 unspecified atom stereocenters. The summed E-state index contributed by atoms with van der Waals surface area (Å²) in [5.41, 5.74) is 1.19. The van der Waals surface area contributed by atoms with Crippen LogP contribution in [-0.4, -0.2) is 30.3 Å². The van der Waals surface area contributed by atoms with E-state index in [4.69, 9.17) is 4.74 Å². The van der Waals surface area contributed by atoms with Crippen LogP contribution < -0.4 is 10.1 Å². The van der Waals surface area contributed by atoms with Gasteiger partial charge in [0.25, 0.3) is 5.91 Å². The van der Waals surface area contributed by atoms with Gasteiger partial charge in [0.2, 0.25) is 0 Å². The van der Waals surface area contributed by atoms with Crippen molar-refractivity contribution in [3.05, 3.63) is 29.8 Å². The maximum Gasteiger partial charge on any atom is 0.257 e. The van der Waals surface area contributed by atoms with Gasteiger partial charge in [-0.3, -0.25) is 4.79 Å². The highest BCUT2D eigenvalue weighted by molar-refractivity contribution is 5.77. The van der Waals surface area contributed by atoms with Crippen molar-refractivity contribution >= 4 is 5.91 Å². The zero-order chi connectivity index (χ0) is 14.4. The highest BCUT2D eigenvalue weighted by Crippen LogP contribution is 2.24. The fraction of sp³-hybridized carbons (Fsp3) is 0.562. The summed E-state index contributed by atoms with van der Waals surface area (Å²) in [4.78, 5) is 11.7. The first-order valence-electron chi connectivity index (χ1n) is 7.35. The van der Waals surface area contributed by atoms with Crippen molar-refractivity contribution < 1.29 is 14.6 Å². The molecule has 0 aliphatic heterocycles. The van der Waals surface area contributed by atoms with Crippen molar-refractivity contribution in [3.63, 3.8) is 0 Å². The lowest BCUT2D eigenvalue weighted by Gasteiger charge is -2.15. The highest BCUT2D eigenvalue weighted by Gasteiger charge is 2.25. The highest BCUT2D eigenvalue weighted by atomic mass is 16.5. The van der Waals surface area contributed by atoms with E-state index in [0.29, 0.717) is 6.54 Å². The maximum absolute atomic E-state index is 11.7. The zero-order valence-electron chi connectivity index (χ0n) is 12.0. The van der Waals surface area contributed by atoms with E-state index in [9.17, 15) is 9.90 Å². The number of aliphatic hydroxyl groups excluding tert-OH is 1. The molecule has 0 radical (unpaired) electrons. The molecule has 1 aliphatic carbocycles. The molecule has 4 heteroatoms. The molecule has 0 spiro atoms. The van der Waals surface area contributed by atoms with Crippen LogP contribution in [0.15, 0.2) is 24.3 Å². The van der Waals surface area contributed by atoms with Crippen molar-refractivity contribution in [2.45, 2.75) is 38.7 Å². The van der Waals surface area contributed by atoms with Crippen LogP contribution in [0.1, 0.15) is 31.7 Å². The molecule has 20 heavy (non-hydrogen) atoms. The van der Waals surface area contributed by atoms with Crippen molar-refractivity contribution in [1.29, 1.82) is 0 Å². The van der Waals surface area contributed by atoms with Gasteiger partial charge in [-0.15, -0.1) is 0 Å². The van der Waals surface area contributed by atoms with Gasteiger partial charge in [0.05, 0.1) is 6.10 Å². The molecule has 0 bridgehead atoms. The number of rotatable bonds is 6. The lowest BCUT2D eigenvalue weighted by molar-refractivity contribution is -0.123. The molecule has 1 saturated carbocycles. The predicted molar refractivity (Wildman–Crippen MR) is 77.7 cm³/mol. The second-order valence-corrected chi connectivity index (χ2v) is 5.35. The summed E-state index contributed by atoms with van der Waals surface area (Å²) in [6.07, 6.45) is 3.56. The molecule has 4 nitrogen and oxygen atoms in total. The van der Waals surface area contributed by atoms with E-state index in [0.717, 1.165) is 31.4 Å². The van der Waals surface area contributed by atoms with Gasteiger partial charge < -0.3 is 15.2 Å². The zero-order valence-corrected chi connectivity index (χ0v) is 12.0. The summed E-state index contributed by atoms with van der Waals surface area (Å²) in [5, 5.41) is 12.5. The van der Waals surface area contributed by atoms with E-state index in [2.05, 4.69) is 12.2 Å². The normalized spacial score (nSPS) is 21.7. The number of carbonyl (C=O) groups is 1. The van der Waals surface area contributed by atoms with Crippen molar-refractivity contribution in [1.82, 2.24) is 5.32 Å². The lowest BCUT2D eigenvalue weighted by Crippen LogP contribution is -2.35. The molecule has 1 amide bonds. The lowest BCUT2D eigenvalue weighted by atomic mass is 10.1. The molecule has 0 saturated heterocycles. The fourth-order valence-electron chi connectivity index (χ4n) is 2.56. The van der Waals surface area contributed by atoms with Gasteiger partial charge in [-0.05, 0) is 37.0 Å². The third-order valence-electron chi connectivity index (χ3n) is 3.86. The molecule has 2 rings (SSSR count). The van der Waals surface area contributed by atoms with Crippen LogP contribution in [0, 0.1) is 5.92 Å². The van der Waals surface area contributed by atoms with Crippen LogP contribution in [0.4, 0.5) is 0 Å². The minimum atomic E-state index is -0.266. The number of hydrogen-bond acceptors (Lipinski definition) is 3. The maximum atomic E-state index is 11.7. The Morgan fingerprint density at radius 2 is 2.30 bits per heavy atom. The third-order valence-corrected chi connectivity index (χ3v) is 3.86. The van der Waals surface area contributed by atoms with E-state index < -0.39 is 0 Å². The molecule has 1 aromatic rings. The van der Waals surface area contributed by atoms with Gasteiger partial charge >= 0.3 is 0 Å². The summed E-state index contributed by atoms with van der Waals surface area (Å²) in [6, 6.07) is 7.77. The minimum Gasteiger partial charge on any atom is -0.484 e. The first-order valence-corrected chi connectivity index (χ1v) is 7.35. The Labute approximate surface area is 120 Å². The Kier molecular flexibility index (Phi) is 5.41. The predicted octanol–water partition coefficient (Wildman–Crippen LogP) is 1.90. The molecule has 0 aromatic heterocycles. The smallest absolute Gasteiger partial charge is 0.257 e. The molecule has 1 aromatic carbocycles. The number of amides is 1. The number of ether oxygens (including phenoxy) is 1. The van der Waals surface area contributed by atoms with E-state index in [1.807, 2.05) is 24.3 Å². The molecular weight excluding hydrogens is 254 g/mol. The molecule has 1 aliphatic rings. The Morgan fingerprint density at radius 1 is 1.45 bits per heavy atom. The SMILES string of the molecule is CCc1cccc(OCC(=O)NCC2CCCC2O)c1. The van der Waals surface area contributed by atoms with E-state index in [1.54, 1.807) is 0 Å². The van der Waals surface area contributed by atoms with Gasteiger partial charge in [0.15, 0.2) is 6.61 Å². The Balaban J connectivity index is 1.71. The van der Waals surface area contributed by atoms with Crippen LogP contribution in [0.25, 0.3) is 0 Å². The number of benzene rings is 1. The third kappa shape index (κ3) is 4.23. The molecular formula is C16H23NO3. The summed E-state index contributed by atoms with van der Waals surface area (Å²) in [7, 11) is 0. The van der Waals surface area contributed by atoms with Gasteiger partial charge in [-0.25, -0.2) is 0 Å². The number of hydrogen-bond donors (Lipinski definition) is 2. The van der Waals surface area contributed by atoms with Crippen LogP contribution in [0.3, 0.4) is 0 Å². The summed E-state index contributed by atoms with van der Waals surface area (Å²) < 4.78 is 5.48. The number of nitrogens with one attached hydrogen (secondary N) is 1. The number of aryl methyl sites for hydroxylation is 1. The van der Waals surface area contributed by atoms with E-state index >= 15 is 0 Å². The van der Waals surface area contributed by atoms with Gasteiger partial charge in [0, 0.05) is 12.5 Å². The Morgan fingerprint density at radius 3 is 3.00 bits per heavy atom. The monoisotopic (exact) mass is 277 g/mol. The Hall–Kier alpha value is -1.55. The van der Waals surface area contributed by atoms with Gasteiger partial charge in [-0.1, -0.05) is 25.5 Å². The standard InChI is InChI=1S/C16H23NO3/c1-2-12-5-3-7-14(9-12)20-11-16(19)17-10-13-6-4-8-15(13)18/h3,5,7,9,13,15,18H,2,4,6,8,10-11H2,1H3,(H,17,19). The summed E-state index contributed by atoms with van der Waals surface area (Å²) >= 11 is 0. The van der Waals surface area contributed by atoms with E-state index in [1.165, 1.54) is 5.56 Å². The van der Waals surface area contributed by atoms with Crippen LogP contribution in [0.2, 0.25) is 0 Å². The molecule has 0 heterocycles. The van der Waals surface area contributed by atoms with Crippen LogP contribution >= 0.6 is 0 Å². The molecule has 2 atom stereocenters. The first-order chi connectivity index (χ1) is 9.69. The Bertz CT molecular complexity index is 447. The van der Waals surface area contributed by atoms with Crippen LogP contribution in [-0.2, 0) is 11.2 Å². The van der Waals surface area contributed by atoms with Crippen molar-refractivity contribution in [2.75, 3.05) is 13.2 Å². The molecule has 110 valence electrons. The van der Waals surface area contributed by atoms with Gasteiger partial charge in [-0.2, -0.15) is 0 Å². The average Bonchev–Trinajstić information content (AvgIpc) is 2.88. The first kappa shape index (κ1) is 14.9. The molecule has 2 N–H and O–H groups in total. The van der Waals surface area contributed by atoms with Crippen molar-refractivity contribution in [2.24, 2.45) is 5.92 Å². The fourth-order valence-corrected chi connectivity index (χ4v) is 2.56. The van der Waals surface area contributed by atoms with E-state index in [-0.39, 0.29) is 24.5 Å². The van der Waals surface area contributed by atoms with Gasteiger partial charge in [0.1, 0.15) is 5.75 Å². The molecule has 1 fully saturated rings. The number of carbonyl (C=O) groups excluding carboxylic acids is 1. The van der Waals surface area contributed by atoms with Crippen molar-refractivity contribution in [3.8, 4) is 5.75 Å². The number of aliphatic hydroxyl groups is 1. The quantitative estimate of drug-likeness (QED) is 0.835. The summed E-state index contributed by atoms with van der Waals surface area (Å²) in [5.74, 6) is 0.786. The minimum absolute atomic E-state index is 0.0238. The summed E-state index contributed by atoms with van der Waals surface area (Å²) in [6.45, 7) is 2.65. The topological polar surface area (TPSA) is 58.6 Å². The largest absolute Gasteiger partial charge is 0.484 e.